The molecule has 2 aromatic rings. The molecular formula is C17H17FO2. The first-order chi connectivity index (χ1) is 9.56. The lowest BCUT2D eigenvalue weighted by Gasteiger charge is -2.11. The molecule has 0 N–H and O–H groups in total. The summed E-state index contributed by atoms with van der Waals surface area (Å²) in [4.78, 5) is 11.9. The Hall–Kier alpha value is -2.16. The van der Waals surface area contributed by atoms with Crippen molar-refractivity contribution in [2.75, 3.05) is 6.61 Å². The fourth-order valence-corrected chi connectivity index (χ4v) is 2.06. The zero-order chi connectivity index (χ0) is 14.5. The van der Waals surface area contributed by atoms with Crippen LogP contribution in [0.5, 0.6) is 5.75 Å². The fourth-order valence-electron chi connectivity index (χ4n) is 2.06. The minimum Gasteiger partial charge on any atom is -0.485 e. The van der Waals surface area contributed by atoms with Gasteiger partial charge in [-0.3, -0.25) is 4.79 Å². The van der Waals surface area contributed by atoms with Crippen molar-refractivity contribution >= 4 is 5.78 Å². The molecule has 0 aliphatic carbocycles. The molecule has 0 fully saturated rings. The number of para-hydroxylation sites is 1. The van der Waals surface area contributed by atoms with Gasteiger partial charge in [0.05, 0.1) is 0 Å². The number of rotatable bonds is 5. The van der Waals surface area contributed by atoms with Crippen LogP contribution in [-0.4, -0.2) is 12.4 Å². The SMILES string of the molecule is Cc1cccc(C)c1OCC(=O)Cc1ccc(F)cc1. The maximum Gasteiger partial charge on any atom is 0.174 e. The van der Waals surface area contributed by atoms with E-state index in [4.69, 9.17) is 4.74 Å². The number of aryl methyl sites for hydroxylation is 2. The molecule has 20 heavy (non-hydrogen) atoms. The van der Waals surface area contributed by atoms with Crippen LogP contribution in [0.4, 0.5) is 4.39 Å². The van der Waals surface area contributed by atoms with Gasteiger partial charge in [-0.15, -0.1) is 0 Å². The van der Waals surface area contributed by atoms with Gasteiger partial charge in [0, 0.05) is 6.42 Å². The number of hydrogen-bond acceptors (Lipinski definition) is 2. The summed E-state index contributed by atoms with van der Waals surface area (Å²) in [5.74, 6) is 0.437. The number of carbonyl (C=O) groups is 1. The van der Waals surface area contributed by atoms with Gasteiger partial charge in [0.25, 0.3) is 0 Å². The van der Waals surface area contributed by atoms with Crippen LogP contribution in [0.3, 0.4) is 0 Å². The second kappa shape index (κ2) is 6.33. The molecule has 2 aromatic carbocycles. The van der Waals surface area contributed by atoms with E-state index in [1.54, 1.807) is 12.1 Å². The second-order valence-corrected chi connectivity index (χ2v) is 4.85. The van der Waals surface area contributed by atoms with Gasteiger partial charge in [0.2, 0.25) is 0 Å². The summed E-state index contributed by atoms with van der Waals surface area (Å²) in [6.45, 7) is 3.93. The van der Waals surface area contributed by atoms with E-state index in [1.807, 2.05) is 32.0 Å². The lowest BCUT2D eigenvalue weighted by molar-refractivity contribution is -0.120. The van der Waals surface area contributed by atoms with Crippen LogP contribution in [-0.2, 0) is 11.2 Å². The van der Waals surface area contributed by atoms with Gasteiger partial charge in [-0.2, -0.15) is 0 Å². The van der Waals surface area contributed by atoms with Gasteiger partial charge in [-0.05, 0) is 42.7 Å². The van der Waals surface area contributed by atoms with Crippen LogP contribution >= 0.6 is 0 Å². The minimum atomic E-state index is -0.298. The van der Waals surface area contributed by atoms with Crippen molar-refractivity contribution in [3.8, 4) is 5.75 Å². The third-order valence-corrected chi connectivity index (χ3v) is 3.10. The second-order valence-electron chi connectivity index (χ2n) is 4.85. The predicted octanol–water partition coefficient (Wildman–Crippen LogP) is 3.63. The average molecular weight is 272 g/mol. The summed E-state index contributed by atoms with van der Waals surface area (Å²) in [7, 11) is 0. The highest BCUT2D eigenvalue weighted by Crippen LogP contribution is 2.22. The molecular weight excluding hydrogens is 255 g/mol. The van der Waals surface area contributed by atoms with Gasteiger partial charge < -0.3 is 4.74 Å². The zero-order valence-corrected chi connectivity index (χ0v) is 11.7. The smallest absolute Gasteiger partial charge is 0.174 e. The van der Waals surface area contributed by atoms with Gasteiger partial charge in [-0.1, -0.05) is 30.3 Å². The first-order valence-corrected chi connectivity index (χ1v) is 6.51. The van der Waals surface area contributed by atoms with Crippen molar-refractivity contribution in [2.24, 2.45) is 0 Å². The summed E-state index contributed by atoms with van der Waals surface area (Å²) in [6, 6.07) is 11.8. The van der Waals surface area contributed by atoms with Crippen molar-refractivity contribution in [3.05, 3.63) is 65.0 Å². The van der Waals surface area contributed by atoms with Crippen LogP contribution in [0.2, 0.25) is 0 Å². The monoisotopic (exact) mass is 272 g/mol. The highest BCUT2D eigenvalue weighted by atomic mass is 19.1. The minimum absolute atomic E-state index is 0.0285. The Morgan fingerprint density at radius 1 is 1.05 bits per heavy atom. The maximum absolute atomic E-state index is 12.8. The zero-order valence-electron chi connectivity index (χ0n) is 11.7. The third kappa shape index (κ3) is 3.67. The number of carbonyl (C=O) groups excluding carboxylic acids is 1. The Morgan fingerprint density at radius 2 is 1.65 bits per heavy atom. The molecule has 0 heterocycles. The number of halogens is 1. The van der Waals surface area contributed by atoms with E-state index in [1.165, 1.54) is 12.1 Å². The molecule has 0 amide bonds. The fraction of sp³-hybridized carbons (Fsp3) is 0.235. The molecule has 0 aromatic heterocycles. The Kier molecular flexibility index (Phi) is 4.51. The van der Waals surface area contributed by atoms with E-state index in [-0.39, 0.29) is 24.6 Å². The van der Waals surface area contributed by atoms with E-state index in [9.17, 15) is 9.18 Å². The predicted molar refractivity (Wildman–Crippen MR) is 76.5 cm³/mol. The number of ether oxygens (including phenoxy) is 1. The van der Waals surface area contributed by atoms with E-state index < -0.39 is 0 Å². The van der Waals surface area contributed by atoms with Crippen LogP contribution in [0.15, 0.2) is 42.5 Å². The Balaban J connectivity index is 1.94. The third-order valence-electron chi connectivity index (χ3n) is 3.10. The molecule has 0 atom stereocenters. The maximum atomic E-state index is 12.8. The van der Waals surface area contributed by atoms with Gasteiger partial charge in [0.15, 0.2) is 5.78 Å². The Labute approximate surface area is 118 Å². The standard InChI is InChI=1S/C17H17FO2/c1-12-4-3-5-13(2)17(12)20-11-16(19)10-14-6-8-15(18)9-7-14/h3-9H,10-11H2,1-2H3. The normalized spacial score (nSPS) is 10.3. The first-order valence-electron chi connectivity index (χ1n) is 6.51. The molecule has 104 valence electrons. The van der Waals surface area contributed by atoms with E-state index in [0.29, 0.717) is 0 Å². The summed E-state index contributed by atoms with van der Waals surface area (Å²) >= 11 is 0. The van der Waals surface area contributed by atoms with Crippen LogP contribution in [0.25, 0.3) is 0 Å². The molecule has 0 saturated heterocycles. The summed E-state index contributed by atoms with van der Waals surface area (Å²) in [5, 5.41) is 0. The Morgan fingerprint density at radius 3 is 2.25 bits per heavy atom. The molecule has 0 spiro atoms. The number of hydrogen-bond donors (Lipinski definition) is 0. The number of ketones is 1. The molecule has 2 nitrogen and oxygen atoms in total. The van der Waals surface area contributed by atoms with E-state index in [0.717, 1.165) is 22.4 Å². The van der Waals surface area contributed by atoms with Crippen molar-refractivity contribution < 1.29 is 13.9 Å². The van der Waals surface area contributed by atoms with Crippen molar-refractivity contribution in [1.29, 1.82) is 0 Å². The molecule has 0 bridgehead atoms. The van der Waals surface area contributed by atoms with Crippen molar-refractivity contribution in [1.82, 2.24) is 0 Å². The highest BCUT2D eigenvalue weighted by Gasteiger charge is 2.08. The highest BCUT2D eigenvalue weighted by molar-refractivity contribution is 5.82. The quantitative estimate of drug-likeness (QED) is 0.830. The molecule has 3 heteroatoms. The van der Waals surface area contributed by atoms with Crippen molar-refractivity contribution in [2.45, 2.75) is 20.3 Å². The Bertz CT molecular complexity index is 583. The molecule has 0 saturated carbocycles. The molecule has 2 rings (SSSR count). The van der Waals surface area contributed by atoms with E-state index in [2.05, 4.69) is 0 Å². The number of benzene rings is 2. The van der Waals surface area contributed by atoms with Gasteiger partial charge in [0.1, 0.15) is 18.2 Å². The molecule has 0 radical (unpaired) electrons. The number of Topliss-reactive ketones (excluding diaryl/α,β-unsaturated/α-hetero) is 1. The van der Waals surface area contributed by atoms with E-state index >= 15 is 0 Å². The lowest BCUT2D eigenvalue weighted by Crippen LogP contribution is -2.14. The van der Waals surface area contributed by atoms with Crippen molar-refractivity contribution in [3.63, 3.8) is 0 Å². The summed E-state index contributed by atoms with van der Waals surface area (Å²) < 4.78 is 18.4. The van der Waals surface area contributed by atoms with Crippen LogP contribution in [0.1, 0.15) is 16.7 Å². The topological polar surface area (TPSA) is 26.3 Å². The first kappa shape index (κ1) is 14.3. The largest absolute Gasteiger partial charge is 0.485 e. The van der Waals surface area contributed by atoms with Gasteiger partial charge >= 0.3 is 0 Å². The average Bonchev–Trinajstić information content (AvgIpc) is 2.41. The van der Waals surface area contributed by atoms with Crippen LogP contribution < -0.4 is 4.74 Å². The van der Waals surface area contributed by atoms with Crippen LogP contribution in [0, 0.1) is 19.7 Å². The molecule has 0 aliphatic rings. The summed E-state index contributed by atoms with van der Waals surface area (Å²) in [5.41, 5.74) is 2.82. The summed E-state index contributed by atoms with van der Waals surface area (Å²) in [6.07, 6.45) is 0.255. The van der Waals surface area contributed by atoms with Gasteiger partial charge in [-0.25, -0.2) is 4.39 Å². The molecule has 0 unspecified atom stereocenters. The lowest BCUT2D eigenvalue weighted by atomic mass is 10.1. The molecule has 0 aliphatic heterocycles.